The van der Waals surface area contributed by atoms with Crippen LogP contribution in [0.15, 0.2) is 0 Å². The topological polar surface area (TPSA) is 63.3 Å². The highest BCUT2D eigenvalue weighted by molar-refractivity contribution is 5.79. The van der Waals surface area contributed by atoms with E-state index in [0.717, 1.165) is 5.92 Å². The summed E-state index contributed by atoms with van der Waals surface area (Å²) in [5.41, 5.74) is 4.12. The summed E-state index contributed by atoms with van der Waals surface area (Å²) in [4.78, 5) is 10.3. The monoisotopic (exact) mass is 247 g/mol. The van der Waals surface area contributed by atoms with Crippen molar-refractivity contribution < 1.29 is 9.90 Å². The Balaban J connectivity index is -0.000000202. The lowest BCUT2D eigenvalue weighted by molar-refractivity contribution is -0.127. The average molecular weight is 247 g/mol. The smallest absolute Gasteiger partial charge is 0.225 e. The van der Waals surface area contributed by atoms with E-state index in [0.29, 0.717) is 0 Å². The standard InChI is InChI=1S/C7H16.C5H11NO2.C2H6/c1-4-5-6-7(2)3;1-5(2,3-7)4(6)8;1-2/h7H,4-6H2,1-3H3;7H,3H2,1-2H3,(H2,6,8);1-2H3. The number of carbonyl (C=O) groups excluding carboxylic acids is 1. The highest BCUT2D eigenvalue weighted by Crippen LogP contribution is 2.10. The lowest BCUT2D eigenvalue weighted by Gasteiger charge is -2.15. The molecule has 106 valence electrons. The van der Waals surface area contributed by atoms with Crippen LogP contribution >= 0.6 is 0 Å². The lowest BCUT2D eigenvalue weighted by Crippen LogP contribution is -2.34. The van der Waals surface area contributed by atoms with Gasteiger partial charge in [-0.05, 0) is 19.8 Å². The molecule has 0 atom stereocenters. The molecular weight excluding hydrogens is 214 g/mol. The molecule has 0 bridgehead atoms. The van der Waals surface area contributed by atoms with Crippen LogP contribution in [0.25, 0.3) is 0 Å². The first kappa shape index (κ1) is 21.7. The maximum Gasteiger partial charge on any atom is 0.225 e. The predicted octanol–water partition coefficient (Wildman–Crippen LogP) is 3.35. The molecule has 0 spiro atoms. The van der Waals surface area contributed by atoms with Crippen LogP contribution in [0.5, 0.6) is 0 Å². The molecule has 0 heterocycles. The highest BCUT2D eigenvalue weighted by atomic mass is 16.3. The molecule has 17 heavy (non-hydrogen) atoms. The molecule has 0 saturated carbocycles. The van der Waals surface area contributed by atoms with Crippen molar-refractivity contribution >= 4 is 5.91 Å². The van der Waals surface area contributed by atoms with Crippen LogP contribution in [0.1, 0.15) is 67.7 Å². The summed E-state index contributed by atoms with van der Waals surface area (Å²) in [6.45, 7) is 13.8. The molecule has 0 saturated heterocycles. The third-order valence-electron chi connectivity index (χ3n) is 2.20. The van der Waals surface area contributed by atoms with Crippen LogP contribution in [0.4, 0.5) is 0 Å². The summed E-state index contributed by atoms with van der Waals surface area (Å²) >= 11 is 0. The Hall–Kier alpha value is -0.570. The first-order valence-corrected chi connectivity index (χ1v) is 6.68. The summed E-state index contributed by atoms with van der Waals surface area (Å²) < 4.78 is 0. The summed E-state index contributed by atoms with van der Waals surface area (Å²) in [5, 5.41) is 8.46. The van der Waals surface area contributed by atoms with Crippen molar-refractivity contribution in [2.45, 2.75) is 67.7 Å². The van der Waals surface area contributed by atoms with Gasteiger partial charge >= 0.3 is 0 Å². The Morgan fingerprint density at radius 2 is 1.71 bits per heavy atom. The SMILES string of the molecule is CC.CC(C)(CO)C(N)=O.CCCCC(C)C. The third-order valence-corrected chi connectivity index (χ3v) is 2.20. The normalized spacial score (nSPS) is 9.94. The minimum Gasteiger partial charge on any atom is -0.395 e. The van der Waals surface area contributed by atoms with Gasteiger partial charge in [0.25, 0.3) is 0 Å². The number of aliphatic hydroxyl groups excluding tert-OH is 1. The maximum absolute atomic E-state index is 10.3. The van der Waals surface area contributed by atoms with E-state index in [1.165, 1.54) is 19.3 Å². The zero-order valence-electron chi connectivity index (χ0n) is 12.8. The Kier molecular flexibility index (Phi) is 17.2. The average Bonchev–Trinajstić information content (AvgIpc) is 2.29. The van der Waals surface area contributed by atoms with Gasteiger partial charge in [0.05, 0.1) is 12.0 Å². The molecule has 3 nitrogen and oxygen atoms in total. The summed E-state index contributed by atoms with van der Waals surface area (Å²) in [5.74, 6) is 0.431. The van der Waals surface area contributed by atoms with E-state index in [9.17, 15) is 4.79 Å². The van der Waals surface area contributed by atoms with Crippen molar-refractivity contribution in [3.8, 4) is 0 Å². The number of aliphatic hydroxyl groups is 1. The molecule has 3 heteroatoms. The van der Waals surface area contributed by atoms with Crippen molar-refractivity contribution in [3.05, 3.63) is 0 Å². The molecule has 0 fully saturated rings. The fraction of sp³-hybridized carbons (Fsp3) is 0.929. The van der Waals surface area contributed by atoms with E-state index in [4.69, 9.17) is 10.8 Å². The van der Waals surface area contributed by atoms with Gasteiger partial charge in [-0.1, -0.05) is 53.9 Å². The quantitative estimate of drug-likeness (QED) is 0.782. The summed E-state index contributed by atoms with van der Waals surface area (Å²) in [6, 6.07) is 0. The van der Waals surface area contributed by atoms with E-state index >= 15 is 0 Å². The van der Waals surface area contributed by atoms with Gasteiger partial charge in [0.2, 0.25) is 5.91 Å². The zero-order valence-corrected chi connectivity index (χ0v) is 12.8. The molecule has 0 aromatic rings. The van der Waals surface area contributed by atoms with Crippen molar-refractivity contribution in [1.29, 1.82) is 0 Å². The molecule has 0 aromatic carbocycles. The van der Waals surface area contributed by atoms with E-state index in [1.807, 2.05) is 13.8 Å². The molecule has 0 radical (unpaired) electrons. The summed E-state index contributed by atoms with van der Waals surface area (Å²) in [7, 11) is 0. The summed E-state index contributed by atoms with van der Waals surface area (Å²) in [6.07, 6.45) is 4.15. The zero-order chi connectivity index (χ0) is 14.5. The van der Waals surface area contributed by atoms with Crippen molar-refractivity contribution in [2.75, 3.05) is 6.61 Å². The van der Waals surface area contributed by atoms with Gasteiger partial charge in [-0.15, -0.1) is 0 Å². The van der Waals surface area contributed by atoms with Gasteiger partial charge in [-0.2, -0.15) is 0 Å². The molecule has 0 aliphatic heterocycles. The Labute approximate surface area is 108 Å². The maximum atomic E-state index is 10.3. The number of unbranched alkanes of at least 4 members (excludes halogenated alkanes) is 1. The van der Waals surface area contributed by atoms with E-state index in [-0.39, 0.29) is 6.61 Å². The number of amides is 1. The fourth-order valence-corrected chi connectivity index (χ4v) is 0.690. The number of hydrogen-bond acceptors (Lipinski definition) is 2. The van der Waals surface area contributed by atoms with Crippen molar-refractivity contribution in [2.24, 2.45) is 17.1 Å². The minimum absolute atomic E-state index is 0.192. The Morgan fingerprint density at radius 1 is 1.29 bits per heavy atom. The Morgan fingerprint density at radius 3 is 1.76 bits per heavy atom. The predicted molar refractivity (Wildman–Crippen MR) is 75.8 cm³/mol. The van der Waals surface area contributed by atoms with E-state index in [2.05, 4.69) is 20.8 Å². The van der Waals surface area contributed by atoms with E-state index in [1.54, 1.807) is 13.8 Å². The second-order valence-corrected chi connectivity index (χ2v) is 4.94. The van der Waals surface area contributed by atoms with Crippen LogP contribution in [0.3, 0.4) is 0 Å². The number of carbonyl (C=O) groups is 1. The van der Waals surface area contributed by atoms with Crippen molar-refractivity contribution in [3.63, 3.8) is 0 Å². The number of rotatable bonds is 5. The molecule has 0 aromatic heterocycles. The van der Waals surface area contributed by atoms with Crippen LogP contribution in [-0.4, -0.2) is 17.6 Å². The van der Waals surface area contributed by atoms with Crippen LogP contribution in [-0.2, 0) is 4.79 Å². The van der Waals surface area contributed by atoms with Gasteiger partial charge in [-0.25, -0.2) is 0 Å². The number of hydrogen-bond donors (Lipinski definition) is 2. The van der Waals surface area contributed by atoms with Gasteiger partial charge in [-0.3, -0.25) is 4.79 Å². The van der Waals surface area contributed by atoms with Crippen LogP contribution in [0.2, 0.25) is 0 Å². The lowest BCUT2D eigenvalue weighted by atomic mass is 9.94. The molecule has 0 rings (SSSR count). The van der Waals surface area contributed by atoms with Crippen LogP contribution in [0, 0.1) is 11.3 Å². The molecule has 0 unspecified atom stereocenters. The molecule has 0 aliphatic carbocycles. The van der Waals surface area contributed by atoms with E-state index < -0.39 is 11.3 Å². The Bertz CT molecular complexity index is 166. The molecule has 0 aliphatic rings. The highest BCUT2D eigenvalue weighted by Gasteiger charge is 2.22. The molecule has 1 amide bonds. The van der Waals surface area contributed by atoms with Gasteiger partial charge in [0.1, 0.15) is 0 Å². The number of primary amides is 1. The van der Waals surface area contributed by atoms with Crippen LogP contribution < -0.4 is 5.73 Å². The fourth-order valence-electron chi connectivity index (χ4n) is 0.690. The number of nitrogens with two attached hydrogens (primary N) is 1. The second-order valence-electron chi connectivity index (χ2n) is 4.94. The van der Waals surface area contributed by atoms with Crippen molar-refractivity contribution in [1.82, 2.24) is 0 Å². The third kappa shape index (κ3) is 18.0. The molecule has 3 N–H and O–H groups in total. The first-order valence-electron chi connectivity index (χ1n) is 6.68. The molecular formula is C14H33NO2. The second kappa shape index (κ2) is 13.5. The largest absolute Gasteiger partial charge is 0.395 e. The van der Waals surface area contributed by atoms with Gasteiger partial charge in [0, 0.05) is 0 Å². The first-order chi connectivity index (χ1) is 7.77. The van der Waals surface area contributed by atoms with Gasteiger partial charge in [0.15, 0.2) is 0 Å². The minimum atomic E-state index is -0.764. The van der Waals surface area contributed by atoms with Gasteiger partial charge < -0.3 is 10.8 Å².